The molecule has 8 heteroatoms. The maximum atomic E-state index is 12.6. The number of imide groups is 1. The molecule has 0 saturated carbocycles. The Morgan fingerprint density at radius 1 is 1.42 bits per heavy atom. The van der Waals surface area contributed by atoms with Crippen molar-refractivity contribution in [3.63, 3.8) is 0 Å². The Balaban J connectivity index is 1.94. The molecule has 2 heterocycles. The molecule has 0 spiro atoms. The monoisotopic (exact) mass is 376 g/mol. The maximum absolute atomic E-state index is 12.6. The van der Waals surface area contributed by atoms with Crippen molar-refractivity contribution < 1.29 is 23.9 Å². The van der Waals surface area contributed by atoms with Crippen LogP contribution in [0.1, 0.15) is 29.5 Å². The van der Waals surface area contributed by atoms with E-state index in [1.165, 1.54) is 13.2 Å². The van der Waals surface area contributed by atoms with Crippen molar-refractivity contribution in [2.45, 2.75) is 19.9 Å². The number of hydrogen-bond donors (Lipinski definition) is 0. The average molecular weight is 377 g/mol. The molecule has 0 aromatic carbocycles. The van der Waals surface area contributed by atoms with Crippen LogP contribution in [0.3, 0.4) is 0 Å². The minimum atomic E-state index is -0.636. The van der Waals surface area contributed by atoms with Crippen LogP contribution < -0.4 is 4.74 Å². The number of likely N-dealkylation sites (tertiary alicyclic amines) is 1. The molecule has 1 fully saturated rings. The number of rotatable bonds is 5. The Morgan fingerprint density at radius 3 is 2.85 bits per heavy atom. The van der Waals surface area contributed by atoms with Crippen molar-refractivity contribution in [3.8, 4) is 5.75 Å². The van der Waals surface area contributed by atoms with Gasteiger partial charge in [0.1, 0.15) is 10.8 Å². The number of carbonyl (C=O) groups is 3. The maximum Gasteiger partial charge on any atom is 0.357 e. The summed E-state index contributed by atoms with van der Waals surface area (Å²) in [4.78, 5) is 42.4. The number of aromatic nitrogens is 1. The molecular formula is C18H17ClN2O5. The summed E-state index contributed by atoms with van der Waals surface area (Å²) in [6.45, 7) is 1.72. The molecule has 1 unspecified atom stereocenters. The molecule has 2 aliphatic rings. The molecule has 1 atom stereocenters. The van der Waals surface area contributed by atoms with Gasteiger partial charge in [-0.3, -0.25) is 14.5 Å². The van der Waals surface area contributed by atoms with E-state index in [0.29, 0.717) is 12.0 Å². The molecule has 1 aromatic heterocycles. The minimum absolute atomic E-state index is 0.000457. The van der Waals surface area contributed by atoms with Crippen LogP contribution in [0, 0.1) is 5.92 Å². The number of fused-ring (bicyclic) bond motifs is 1. The molecule has 136 valence electrons. The van der Waals surface area contributed by atoms with Crippen molar-refractivity contribution in [1.29, 1.82) is 0 Å². The summed E-state index contributed by atoms with van der Waals surface area (Å²) >= 11 is 6.27. The third kappa shape index (κ3) is 3.10. The predicted molar refractivity (Wildman–Crippen MR) is 92.6 cm³/mol. The molecule has 1 aliphatic carbocycles. The smallest absolute Gasteiger partial charge is 0.357 e. The highest BCUT2D eigenvalue weighted by atomic mass is 35.5. The van der Waals surface area contributed by atoms with Gasteiger partial charge in [-0.2, -0.15) is 0 Å². The van der Waals surface area contributed by atoms with Gasteiger partial charge >= 0.3 is 5.97 Å². The van der Waals surface area contributed by atoms with Gasteiger partial charge < -0.3 is 9.47 Å². The van der Waals surface area contributed by atoms with Crippen LogP contribution in [0.15, 0.2) is 29.9 Å². The Bertz CT molecular complexity index is 846. The van der Waals surface area contributed by atoms with E-state index in [2.05, 4.69) is 4.98 Å². The summed E-state index contributed by atoms with van der Waals surface area (Å²) in [5.41, 5.74) is 0.658. The second-order valence-electron chi connectivity index (χ2n) is 5.76. The van der Waals surface area contributed by atoms with Crippen LogP contribution in [-0.4, -0.2) is 41.4 Å². The largest absolute Gasteiger partial charge is 0.495 e. The van der Waals surface area contributed by atoms with E-state index in [-0.39, 0.29) is 47.1 Å². The van der Waals surface area contributed by atoms with E-state index in [9.17, 15) is 14.4 Å². The Kier molecular flexibility index (Phi) is 5.08. The van der Waals surface area contributed by atoms with Crippen LogP contribution in [0.2, 0.25) is 5.02 Å². The van der Waals surface area contributed by atoms with Crippen molar-refractivity contribution in [1.82, 2.24) is 9.88 Å². The zero-order valence-electron chi connectivity index (χ0n) is 14.3. The topological polar surface area (TPSA) is 85.8 Å². The number of allylic oxidation sites excluding steroid dienone is 3. The van der Waals surface area contributed by atoms with E-state index in [0.717, 1.165) is 4.90 Å². The molecule has 0 N–H and O–H groups in total. The number of amides is 2. The van der Waals surface area contributed by atoms with Crippen molar-refractivity contribution >= 4 is 29.4 Å². The number of methoxy groups -OCH3 is 1. The molecule has 26 heavy (non-hydrogen) atoms. The van der Waals surface area contributed by atoms with Crippen molar-refractivity contribution in [3.05, 3.63) is 46.3 Å². The third-order valence-corrected chi connectivity index (χ3v) is 4.62. The first-order valence-electron chi connectivity index (χ1n) is 8.10. The van der Waals surface area contributed by atoms with Crippen molar-refractivity contribution in [2.24, 2.45) is 5.92 Å². The molecule has 1 aliphatic heterocycles. The van der Waals surface area contributed by atoms with Gasteiger partial charge in [-0.25, -0.2) is 9.78 Å². The quantitative estimate of drug-likeness (QED) is 0.579. The lowest BCUT2D eigenvalue weighted by molar-refractivity contribution is -0.139. The van der Waals surface area contributed by atoms with E-state index in [1.54, 1.807) is 19.1 Å². The summed E-state index contributed by atoms with van der Waals surface area (Å²) in [6, 6.07) is 1.36. The van der Waals surface area contributed by atoms with Gasteiger partial charge in [-0.15, -0.1) is 0 Å². The number of esters is 1. The summed E-state index contributed by atoms with van der Waals surface area (Å²) in [7, 11) is 1.40. The van der Waals surface area contributed by atoms with E-state index >= 15 is 0 Å². The summed E-state index contributed by atoms with van der Waals surface area (Å²) in [6.07, 6.45) is 5.74. The predicted octanol–water partition coefficient (Wildman–Crippen LogP) is 2.29. The Morgan fingerprint density at radius 2 is 2.19 bits per heavy atom. The molecule has 7 nitrogen and oxygen atoms in total. The number of carbonyl (C=O) groups excluding carboxylic acids is 3. The van der Waals surface area contributed by atoms with E-state index in [1.807, 2.05) is 6.08 Å². The molecule has 1 aromatic rings. The number of nitrogens with zero attached hydrogens (tertiary/aromatic N) is 2. The molecular weight excluding hydrogens is 360 g/mol. The molecule has 0 radical (unpaired) electrons. The average Bonchev–Trinajstić information content (AvgIpc) is 2.88. The number of ether oxygens (including phenoxy) is 2. The lowest BCUT2D eigenvalue weighted by Crippen LogP contribution is -2.31. The van der Waals surface area contributed by atoms with Gasteiger partial charge in [0.25, 0.3) is 5.91 Å². The van der Waals surface area contributed by atoms with Gasteiger partial charge in [0.05, 0.1) is 31.9 Å². The van der Waals surface area contributed by atoms with Gasteiger partial charge in [-0.05, 0) is 13.3 Å². The van der Waals surface area contributed by atoms with Crippen LogP contribution >= 0.6 is 11.6 Å². The summed E-state index contributed by atoms with van der Waals surface area (Å²) in [5.74, 6) is -1.56. The fourth-order valence-electron chi connectivity index (χ4n) is 2.95. The fourth-order valence-corrected chi connectivity index (χ4v) is 3.18. The van der Waals surface area contributed by atoms with Gasteiger partial charge in [0, 0.05) is 11.6 Å². The van der Waals surface area contributed by atoms with Crippen LogP contribution in [0.5, 0.6) is 5.75 Å². The third-order valence-electron chi connectivity index (χ3n) is 4.22. The summed E-state index contributed by atoms with van der Waals surface area (Å²) in [5, 5.41) is 0.142. The number of hydrogen-bond acceptors (Lipinski definition) is 6. The lowest BCUT2D eigenvalue weighted by Gasteiger charge is -2.16. The zero-order chi connectivity index (χ0) is 18.8. The molecule has 3 rings (SSSR count). The highest BCUT2D eigenvalue weighted by molar-refractivity contribution is 6.32. The first-order valence-corrected chi connectivity index (χ1v) is 8.48. The van der Waals surface area contributed by atoms with Crippen molar-refractivity contribution in [2.75, 3.05) is 13.7 Å². The summed E-state index contributed by atoms with van der Waals surface area (Å²) < 4.78 is 10.1. The fraction of sp³-hybridized carbons (Fsp3) is 0.333. The van der Waals surface area contributed by atoms with Gasteiger partial charge in [0.15, 0.2) is 5.69 Å². The normalized spacial score (nSPS) is 18.7. The lowest BCUT2D eigenvalue weighted by atomic mass is 9.94. The first kappa shape index (κ1) is 18.1. The molecule has 0 bridgehead atoms. The van der Waals surface area contributed by atoms with E-state index in [4.69, 9.17) is 21.1 Å². The van der Waals surface area contributed by atoms with E-state index < -0.39 is 11.9 Å². The van der Waals surface area contributed by atoms with Crippen LogP contribution in [0.25, 0.3) is 0 Å². The first-order chi connectivity index (χ1) is 12.5. The molecule has 2 amide bonds. The SMILES string of the molecule is CCOC(=O)c1cc(OC)c(Cl)c(CN2C(=O)C3=CC=CCC3C2=O)n1. The molecule has 1 saturated heterocycles. The second-order valence-corrected chi connectivity index (χ2v) is 6.14. The Labute approximate surface area is 155 Å². The Hall–Kier alpha value is -2.67. The minimum Gasteiger partial charge on any atom is -0.495 e. The van der Waals surface area contributed by atoms with Crippen LogP contribution in [0.4, 0.5) is 0 Å². The second kappa shape index (κ2) is 7.29. The zero-order valence-corrected chi connectivity index (χ0v) is 15.1. The van der Waals surface area contributed by atoms with Gasteiger partial charge in [0.2, 0.25) is 5.91 Å². The highest BCUT2D eigenvalue weighted by Gasteiger charge is 2.43. The number of pyridine rings is 1. The highest BCUT2D eigenvalue weighted by Crippen LogP contribution is 2.34. The standard InChI is InChI=1S/C18H17ClN2O5/c1-3-26-18(24)12-8-14(25-2)15(19)13(20-12)9-21-16(22)10-6-4-5-7-11(10)17(21)23/h4-6,8,11H,3,7,9H2,1-2H3. The van der Waals surface area contributed by atoms with Crippen LogP contribution in [-0.2, 0) is 20.9 Å². The van der Waals surface area contributed by atoms with Gasteiger partial charge in [-0.1, -0.05) is 29.8 Å². The number of halogens is 1.